The Morgan fingerprint density at radius 2 is 2.00 bits per heavy atom. The van der Waals surface area contributed by atoms with Crippen LogP contribution in [-0.2, 0) is 4.74 Å². The molecule has 0 aliphatic rings. The Bertz CT molecular complexity index is 379. The van der Waals surface area contributed by atoms with Crippen molar-refractivity contribution in [3.63, 3.8) is 0 Å². The highest BCUT2D eigenvalue weighted by molar-refractivity contribution is 6.30. The predicted octanol–water partition coefficient (Wildman–Crippen LogP) is 4.97. The highest BCUT2D eigenvalue weighted by atomic mass is 35.5. The van der Waals surface area contributed by atoms with Crippen LogP contribution in [0.25, 0.3) is 0 Å². The summed E-state index contributed by atoms with van der Waals surface area (Å²) in [5.74, 6) is 0.648. The van der Waals surface area contributed by atoms with Gasteiger partial charge in [-0.15, -0.1) is 11.6 Å². The summed E-state index contributed by atoms with van der Waals surface area (Å²) < 4.78 is 5.13. The number of ether oxygens (including phenoxy) is 1. The zero-order valence-corrected chi connectivity index (χ0v) is 14.4. The largest absolute Gasteiger partial charge is 0.493 e. The molecule has 0 saturated heterocycles. The Labute approximate surface area is 132 Å². The van der Waals surface area contributed by atoms with Crippen LogP contribution in [0.3, 0.4) is 0 Å². The molecule has 0 rings (SSSR count). The quantitative estimate of drug-likeness (QED) is 0.176. The van der Waals surface area contributed by atoms with Crippen molar-refractivity contribution in [2.75, 3.05) is 13.7 Å². The lowest BCUT2D eigenvalue weighted by molar-refractivity contribution is 0.301. The Morgan fingerprint density at radius 3 is 2.30 bits per heavy atom. The SMILES string of the molecule is C/C=C\C(C)Cl.C=C(Cl)/C=C/OCC(N=C(C)C)=NC. The van der Waals surface area contributed by atoms with Crippen molar-refractivity contribution in [3.05, 3.63) is 36.1 Å². The molecule has 114 valence electrons. The van der Waals surface area contributed by atoms with Crippen LogP contribution < -0.4 is 0 Å². The van der Waals surface area contributed by atoms with E-state index in [2.05, 4.69) is 16.6 Å². The lowest BCUT2D eigenvalue weighted by Crippen LogP contribution is -2.05. The highest BCUT2D eigenvalue weighted by Crippen LogP contribution is 1.98. The van der Waals surface area contributed by atoms with Crippen LogP contribution >= 0.6 is 23.2 Å². The van der Waals surface area contributed by atoms with Crippen LogP contribution in [0.5, 0.6) is 0 Å². The van der Waals surface area contributed by atoms with Gasteiger partial charge in [0.1, 0.15) is 6.61 Å². The van der Waals surface area contributed by atoms with E-state index in [1.807, 2.05) is 39.8 Å². The number of amidine groups is 1. The number of hydrogen-bond donors (Lipinski definition) is 0. The number of nitrogens with zero attached hydrogens (tertiary/aromatic N) is 2. The second-order valence-electron chi connectivity index (χ2n) is 3.96. The molecule has 0 spiro atoms. The average Bonchev–Trinajstić information content (AvgIpc) is 2.32. The highest BCUT2D eigenvalue weighted by Gasteiger charge is 1.93. The van der Waals surface area contributed by atoms with Gasteiger partial charge in [-0.25, -0.2) is 4.99 Å². The Kier molecular flexibility index (Phi) is 15.2. The topological polar surface area (TPSA) is 34.0 Å². The van der Waals surface area contributed by atoms with Gasteiger partial charge in [0.05, 0.1) is 6.26 Å². The fourth-order valence-corrected chi connectivity index (χ4v) is 1.11. The van der Waals surface area contributed by atoms with E-state index in [1.165, 1.54) is 6.26 Å². The van der Waals surface area contributed by atoms with Crippen molar-refractivity contribution in [3.8, 4) is 0 Å². The zero-order chi connectivity index (χ0) is 16.0. The van der Waals surface area contributed by atoms with Crippen molar-refractivity contribution in [1.82, 2.24) is 0 Å². The molecule has 0 aromatic heterocycles. The van der Waals surface area contributed by atoms with Gasteiger partial charge in [-0.3, -0.25) is 4.99 Å². The molecule has 0 N–H and O–H groups in total. The normalized spacial score (nSPS) is 12.8. The van der Waals surface area contributed by atoms with Gasteiger partial charge in [-0.05, 0) is 33.8 Å². The number of halogens is 2. The van der Waals surface area contributed by atoms with Crippen molar-refractivity contribution < 1.29 is 4.74 Å². The van der Waals surface area contributed by atoms with Crippen molar-refractivity contribution in [2.24, 2.45) is 9.98 Å². The van der Waals surface area contributed by atoms with Gasteiger partial charge >= 0.3 is 0 Å². The van der Waals surface area contributed by atoms with Crippen LogP contribution in [0.2, 0.25) is 0 Å². The molecule has 0 radical (unpaired) electrons. The van der Waals surface area contributed by atoms with Gasteiger partial charge in [-0.2, -0.15) is 0 Å². The Balaban J connectivity index is 0. The maximum absolute atomic E-state index is 5.49. The maximum Gasteiger partial charge on any atom is 0.161 e. The molecule has 20 heavy (non-hydrogen) atoms. The summed E-state index contributed by atoms with van der Waals surface area (Å²) in [4.78, 5) is 8.12. The number of aliphatic imine (C=N–C) groups is 2. The first kappa shape index (κ1) is 21.2. The molecule has 3 nitrogen and oxygen atoms in total. The van der Waals surface area contributed by atoms with E-state index in [0.29, 0.717) is 17.5 Å². The molecule has 1 atom stereocenters. The maximum atomic E-state index is 5.49. The first-order chi connectivity index (χ1) is 9.33. The smallest absolute Gasteiger partial charge is 0.161 e. The molecule has 1 unspecified atom stereocenters. The fourth-order valence-electron chi connectivity index (χ4n) is 0.915. The van der Waals surface area contributed by atoms with E-state index in [-0.39, 0.29) is 5.38 Å². The van der Waals surface area contributed by atoms with Crippen LogP contribution in [0.4, 0.5) is 0 Å². The fraction of sp³-hybridized carbons (Fsp3) is 0.467. The average molecular weight is 319 g/mol. The first-order valence-electron chi connectivity index (χ1n) is 6.20. The van der Waals surface area contributed by atoms with E-state index in [9.17, 15) is 0 Å². The molecule has 0 aliphatic heterocycles. The molecule has 0 aromatic rings. The zero-order valence-electron chi connectivity index (χ0n) is 12.9. The van der Waals surface area contributed by atoms with Crippen LogP contribution in [0.1, 0.15) is 27.7 Å². The Hall–Kier alpha value is -1.06. The van der Waals surface area contributed by atoms with Crippen molar-refractivity contribution in [1.29, 1.82) is 0 Å². The summed E-state index contributed by atoms with van der Waals surface area (Å²) in [7, 11) is 1.68. The first-order valence-corrected chi connectivity index (χ1v) is 7.01. The minimum absolute atomic E-state index is 0.190. The summed E-state index contributed by atoms with van der Waals surface area (Å²) in [6.45, 7) is 11.5. The van der Waals surface area contributed by atoms with Crippen molar-refractivity contribution >= 4 is 34.7 Å². The number of hydrogen-bond acceptors (Lipinski definition) is 2. The number of alkyl halides is 1. The number of allylic oxidation sites excluding steroid dienone is 4. The molecule has 0 bridgehead atoms. The molecule has 0 aromatic carbocycles. The molecule has 0 amide bonds. The molecular formula is C15H24Cl2N2O. The van der Waals surface area contributed by atoms with Gasteiger partial charge in [0.2, 0.25) is 0 Å². The van der Waals surface area contributed by atoms with E-state index >= 15 is 0 Å². The minimum Gasteiger partial charge on any atom is -0.493 e. The van der Waals surface area contributed by atoms with Gasteiger partial charge in [0.15, 0.2) is 5.84 Å². The molecule has 0 saturated carbocycles. The Morgan fingerprint density at radius 1 is 1.40 bits per heavy atom. The van der Waals surface area contributed by atoms with Crippen LogP contribution in [0, 0.1) is 0 Å². The second kappa shape index (κ2) is 14.4. The van der Waals surface area contributed by atoms with E-state index in [1.54, 1.807) is 13.1 Å². The summed E-state index contributed by atoms with van der Waals surface area (Å²) in [5, 5.41) is 0.616. The van der Waals surface area contributed by atoms with Gasteiger partial charge in [0, 0.05) is 23.2 Å². The monoisotopic (exact) mass is 318 g/mol. The summed E-state index contributed by atoms with van der Waals surface area (Å²) in [5.41, 5.74) is 0.944. The summed E-state index contributed by atoms with van der Waals surface area (Å²) >= 11 is 11.0. The van der Waals surface area contributed by atoms with Gasteiger partial charge < -0.3 is 4.74 Å². The van der Waals surface area contributed by atoms with Gasteiger partial charge in [0.25, 0.3) is 0 Å². The van der Waals surface area contributed by atoms with E-state index < -0.39 is 0 Å². The second-order valence-corrected chi connectivity index (χ2v) is 5.14. The summed E-state index contributed by atoms with van der Waals surface area (Å²) in [6.07, 6.45) is 6.91. The van der Waals surface area contributed by atoms with Crippen LogP contribution in [0.15, 0.2) is 46.1 Å². The predicted molar refractivity (Wildman–Crippen MR) is 92.4 cm³/mol. The van der Waals surface area contributed by atoms with E-state index in [0.717, 1.165) is 5.71 Å². The third-order valence-electron chi connectivity index (χ3n) is 1.63. The third-order valence-corrected chi connectivity index (χ3v) is 1.90. The molecule has 0 aliphatic carbocycles. The lowest BCUT2D eigenvalue weighted by atomic mass is 10.4. The van der Waals surface area contributed by atoms with Crippen LogP contribution in [-0.4, -0.2) is 30.6 Å². The molecular weight excluding hydrogens is 295 g/mol. The molecule has 5 heteroatoms. The lowest BCUT2D eigenvalue weighted by Gasteiger charge is -2.00. The van der Waals surface area contributed by atoms with Crippen molar-refractivity contribution in [2.45, 2.75) is 33.1 Å². The molecule has 0 fully saturated rings. The van der Waals surface area contributed by atoms with E-state index in [4.69, 9.17) is 27.9 Å². The minimum atomic E-state index is 0.190. The summed E-state index contributed by atoms with van der Waals surface area (Å²) in [6, 6.07) is 0. The molecule has 0 heterocycles. The van der Waals surface area contributed by atoms with Gasteiger partial charge in [-0.1, -0.05) is 30.3 Å². The number of rotatable bonds is 5. The standard InChI is InChI=1S/C10H15ClN2O.C5H9Cl/c1-8(2)13-10(12-4)7-14-6-5-9(3)11;1-3-4-5(2)6/h5-6H,3,7H2,1-2,4H3;3-5H,1-2H3/b6-5+,12-10?;4-3-. The third kappa shape index (κ3) is 19.3.